The summed E-state index contributed by atoms with van der Waals surface area (Å²) in [6, 6.07) is 4.40. The number of halogens is 1. The van der Waals surface area contributed by atoms with Gasteiger partial charge in [-0.3, -0.25) is 9.78 Å². The molecule has 0 radical (unpaired) electrons. The molecule has 1 aliphatic heterocycles. The average Bonchev–Trinajstić information content (AvgIpc) is 2.44. The molecule has 0 bridgehead atoms. The van der Waals surface area contributed by atoms with E-state index in [1.54, 1.807) is 13.1 Å². The van der Waals surface area contributed by atoms with E-state index in [2.05, 4.69) is 15.2 Å². The molecule has 2 aromatic rings. The van der Waals surface area contributed by atoms with Gasteiger partial charge in [0, 0.05) is 43.2 Å². The van der Waals surface area contributed by atoms with Gasteiger partial charge in [0.15, 0.2) is 0 Å². The minimum Gasteiger partial charge on any atom is -0.355 e. The highest BCUT2D eigenvalue weighted by molar-refractivity contribution is 6.07. The summed E-state index contributed by atoms with van der Waals surface area (Å²) in [5, 5.41) is 3.23. The number of rotatable bonds is 1. The zero-order valence-electron chi connectivity index (χ0n) is 11.5. The van der Waals surface area contributed by atoms with Gasteiger partial charge in [0.1, 0.15) is 5.82 Å². The Morgan fingerprint density at radius 2 is 2.25 bits per heavy atom. The van der Waals surface area contributed by atoms with Gasteiger partial charge in [-0.15, -0.1) is 0 Å². The first-order valence-corrected chi connectivity index (χ1v) is 6.62. The highest BCUT2D eigenvalue weighted by atomic mass is 19.1. The lowest BCUT2D eigenvalue weighted by Crippen LogP contribution is -2.31. The van der Waals surface area contributed by atoms with Gasteiger partial charge in [0.2, 0.25) is 0 Å². The van der Waals surface area contributed by atoms with E-state index >= 15 is 0 Å². The van der Waals surface area contributed by atoms with Crippen LogP contribution >= 0.6 is 0 Å². The average molecular weight is 273 g/mol. The van der Waals surface area contributed by atoms with E-state index in [4.69, 9.17) is 0 Å². The lowest BCUT2D eigenvalue weighted by molar-refractivity contribution is 0.0962. The van der Waals surface area contributed by atoms with E-state index in [9.17, 15) is 9.18 Å². The SMILES string of the molecule is CNC(=O)c1c2c(nc3ccc(F)cc13)CCN(C)C2. The van der Waals surface area contributed by atoms with Crippen molar-refractivity contribution < 1.29 is 9.18 Å². The fraction of sp³-hybridized carbons (Fsp3) is 0.333. The number of likely N-dealkylation sites (N-methyl/N-ethyl adjacent to an activating group) is 1. The molecule has 0 aliphatic carbocycles. The Labute approximate surface area is 116 Å². The number of carbonyl (C=O) groups excluding carboxylic acids is 1. The first-order valence-electron chi connectivity index (χ1n) is 6.62. The van der Waals surface area contributed by atoms with E-state index in [1.807, 2.05) is 7.05 Å². The third kappa shape index (κ3) is 2.04. The van der Waals surface area contributed by atoms with Crippen LogP contribution in [0.25, 0.3) is 10.9 Å². The molecule has 1 N–H and O–H groups in total. The van der Waals surface area contributed by atoms with E-state index in [-0.39, 0.29) is 11.7 Å². The number of aromatic nitrogens is 1. The zero-order chi connectivity index (χ0) is 14.3. The van der Waals surface area contributed by atoms with Gasteiger partial charge in [0.05, 0.1) is 11.1 Å². The van der Waals surface area contributed by atoms with Crippen LogP contribution in [0.1, 0.15) is 21.6 Å². The van der Waals surface area contributed by atoms with Crippen molar-refractivity contribution in [2.75, 3.05) is 20.6 Å². The number of carbonyl (C=O) groups is 1. The summed E-state index contributed by atoms with van der Waals surface area (Å²) < 4.78 is 13.5. The number of hydrogen-bond acceptors (Lipinski definition) is 3. The Morgan fingerprint density at radius 3 is 3.00 bits per heavy atom. The normalized spacial score (nSPS) is 15.2. The standard InChI is InChI=1S/C15H16FN3O/c1-17-15(20)14-10-7-9(16)3-4-12(10)18-13-5-6-19(2)8-11(13)14/h3-4,7H,5-6,8H2,1-2H3,(H,17,20). The highest BCUT2D eigenvalue weighted by Gasteiger charge is 2.24. The van der Waals surface area contributed by atoms with Crippen molar-refractivity contribution in [3.63, 3.8) is 0 Å². The molecule has 0 atom stereocenters. The van der Waals surface area contributed by atoms with Gasteiger partial charge in [-0.1, -0.05) is 0 Å². The van der Waals surface area contributed by atoms with E-state index in [0.717, 1.165) is 24.2 Å². The van der Waals surface area contributed by atoms with Crippen molar-refractivity contribution in [1.82, 2.24) is 15.2 Å². The maximum absolute atomic E-state index is 13.5. The van der Waals surface area contributed by atoms with Crippen LogP contribution in [0.5, 0.6) is 0 Å². The Kier molecular flexibility index (Phi) is 3.14. The summed E-state index contributed by atoms with van der Waals surface area (Å²) in [6.07, 6.45) is 0.809. The summed E-state index contributed by atoms with van der Waals surface area (Å²) in [7, 11) is 3.60. The van der Waals surface area contributed by atoms with Crippen LogP contribution in [0.2, 0.25) is 0 Å². The van der Waals surface area contributed by atoms with Gasteiger partial charge >= 0.3 is 0 Å². The first kappa shape index (κ1) is 13.0. The maximum Gasteiger partial charge on any atom is 0.252 e. The summed E-state index contributed by atoms with van der Waals surface area (Å²) >= 11 is 0. The number of benzene rings is 1. The second kappa shape index (κ2) is 4.83. The molecule has 0 fully saturated rings. The van der Waals surface area contributed by atoms with Gasteiger partial charge < -0.3 is 10.2 Å². The van der Waals surface area contributed by atoms with E-state index < -0.39 is 0 Å². The molecular weight excluding hydrogens is 257 g/mol. The molecule has 1 aliphatic rings. The molecule has 4 nitrogen and oxygen atoms in total. The minimum absolute atomic E-state index is 0.186. The van der Waals surface area contributed by atoms with E-state index in [0.29, 0.717) is 23.0 Å². The zero-order valence-corrected chi connectivity index (χ0v) is 11.5. The Balaban J connectivity index is 2.35. The van der Waals surface area contributed by atoms with Gasteiger partial charge in [-0.2, -0.15) is 0 Å². The highest BCUT2D eigenvalue weighted by Crippen LogP contribution is 2.28. The van der Waals surface area contributed by atoms with Crippen molar-refractivity contribution in [1.29, 1.82) is 0 Å². The largest absolute Gasteiger partial charge is 0.355 e. The van der Waals surface area contributed by atoms with Crippen LogP contribution in [-0.2, 0) is 13.0 Å². The minimum atomic E-state index is -0.353. The number of hydrogen-bond donors (Lipinski definition) is 1. The molecule has 1 aromatic heterocycles. The van der Waals surface area contributed by atoms with Crippen molar-refractivity contribution >= 4 is 16.8 Å². The van der Waals surface area contributed by atoms with Gasteiger partial charge in [-0.25, -0.2) is 4.39 Å². The Morgan fingerprint density at radius 1 is 1.45 bits per heavy atom. The van der Waals surface area contributed by atoms with Crippen LogP contribution in [0.3, 0.4) is 0 Å². The molecule has 104 valence electrons. The Bertz CT molecular complexity index is 699. The molecule has 20 heavy (non-hydrogen) atoms. The Hall–Kier alpha value is -2.01. The van der Waals surface area contributed by atoms with Crippen molar-refractivity contribution in [2.24, 2.45) is 0 Å². The van der Waals surface area contributed by atoms with E-state index in [1.165, 1.54) is 12.1 Å². The molecule has 3 rings (SSSR count). The number of fused-ring (bicyclic) bond motifs is 2. The molecule has 1 aromatic carbocycles. The monoisotopic (exact) mass is 273 g/mol. The molecular formula is C15H16FN3O. The second-order valence-electron chi connectivity index (χ2n) is 5.14. The molecule has 2 heterocycles. The fourth-order valence-electron chi connectivity index (χ4n) is 2.73. The quantitative estimate of drug-likeness (QED) is 0.860. The van der Waals surface area contributed by atoms with Crippen LogP contribution < -0.4 is 5.32 Å². The van der Waals surface area contributed by atoms with Crippen molar-refractivity contribution in [2.45, 2.75) is 13.0 Å². The molecule has 0 spiro atoms. The van der Waals surface area contributed by atoms with Gasteiger partial charge in [-0.05, 0) is 25.2 Å². The first-order chi connectivity index (χ1) is 9.60. The topological polar surface area (TPSA) is 45.2 Å². The lowest BCUT2D eigenvalue weighted by Gasteiger charge is -2.26. The van der Waals surface area contributed by atoms with Gasteiger partial charge in [0.25, 0.3) is 5.91 Å². The molecule has 0 saturated carbocycles. The predicted octanol–water partition coefficient (Wildman–Crippen LogP) is 1.72. The summed E-state index contributed by atoms with van der Waals surface area (Å²) in [4.78, 5) is 19.0. The summed E-state index contributed by atoms with van der Waals surface area (Å²) in [5.74, 6) is -0.539. The van der Waals surface area contributed by atoms with Crippen molar-refractivity contribution in [3.8, 4) is 0 Å². The number of nitrogens with zero attached hydrogens (tertiary/aromatic N) is 2. The maximum atomic E-state index is 13.5. The summed E-state index contributed by atoms with van der Waals surface area (Å²) in [5.41, 5.74) is 3.09. The lowest BCUT2D eigenvalue weighted by atomic mass is 9.95. The van der Waals surface area contributed by atoms with Crippen LogP contribution in [-0.4, -0.2) is 36.4 Å². The molecule has 1 amide bonds. The second-order valence-corrected chi connectivity index (χ2v) is 5.14. The third-order valence-electron chi connectivity index (χ3n) is 3.75. The third-order valence-corrected chi connectivity index (χ3v) is 3.75. The molecule has 5 heteroatoms. The molecule has 0 saturated heterocycles. The fourth-order valence-corrected chi connectivity index (χ4v) is 2.73. The smallest absolute Gasteiger partial charge is 0.252 e. The predicted molar refractivity (Wildman–Crippen MR) is 75.1 cm³/mol. The summed E-state index contributed by atoms with van der Waals surface area (Å²) in [6.45, 7) is 1.58. The van der Waals surface area contributed by atoms with Crippen LogP contribution in [0.4, 0.5) is 4.39 Å². The number of nitrogens with one attached hydrogen (secondary N) is 1. The number of amides is 1. The van der Waals surface area contributed by atoms with Crippen molar-refractivity contribution in [3.05, 3.63) is 40.8 Å². The number of pyridine rings is 1. The van der Waals surface area contributed by atoms with Crippen LogP contribution in [0.15, 0.2) is 18.2 Å². The van der Waals surface area contributed by atoms with Crippen LogP contribution in [0, 0.1) is 5.82 Å². The molecule has 0 unspecified atom stereocenters.